The maximum Gasteiger partial charge on any atom is 0.218 e. The number of nitrogens with one attached hydrogen (secondary N) is 1. The third-order valence-corrected chi connectivity index (χ3v) is 6.55. The molecule has 1 aliphatic carbocycles. The van der Waals surface area contributed by atoms with E-state index in [2.05, 4.69) is 5.32 Å². The van der Waals surface area contributed by atoms with Crippen LogP contribution in [0.15, 0.2) is 0 Å². The van der Waals surface area contributed by atoms with Crippen molar-refractivity contribution in [3.05, 3.63) is 0 Å². The van der Waals surface area contributed by atoms with E-state index in [-0.39, 0.29) is 11.3 Å². The zero-order valence-corrected chi connectivity index (χ0v) is 11.8. The Hall–Kier alpha value is -0.170. The number of rotatable bonds is 3. The minimum atomic E-state index is -3.28. The summed E-state index contributed by atoms with van der Waals surface area (Å²) < 4.78 is 26.4. The Morgan fingerprint density at radius 3 is 2.50 bits per heavy atom. The van der Waals surface area contributed by atoms with Gasteiger partial charge in [0.25, 0.3) is 0 Å². The van der Waals surface area contributed by atoms with Gasteiger partial charge in [-0.05, 0) is 32.2 Å². The summed E-state index contributed by atoms with van der Waals surface area (Å²) in [6, 6.07) is -0.231. The number of aliphatic hydroxyl groups excluding tert-OH is 1. The van der Waals surface area contributed by atoms with E-state index in [4.69, 9.17) is 0 Å². The molecule has 18 heavy (non-hydrogen) atoms. The number of sulfonamides is 1. The quantitative estimate of drug-likeness (QED) is 0.778. The van der Waals surface area contributed by atoms with Gasteiger partial charge in [-0.25, -0.2) is 8.42 Å². The Kier molecular flexibility index (Phi) is 4.64. The van der Waals surface area contributed by atoms with E-state index in [9.17, 15) is 13.5 Å². The summed E-state index contributed by atoms with van der Waals surface area (Å²) in [6.45, 7) is 1.44. The van der Waals surface area contributed by atoms with E-state index in [1.807, 2.05) is 0 Å². The first kappa shape index (κ1) is 14.2. The minimum Gasteiger partial charge on any atom is -0.391 e. The summed E-state index contributed by atoms with van der Waals surface area (Å²) in [5.41, 5.74) is 0. The van der Waals surface area contributed by atoms with Crippen molar-refractivity contribution in [3.8, 4) is 0 Å². The Bertz CT molecular complexity index is 366. The summed E-state index contributed by atoms with van der Waals surface area (Å²) in [5.74, 6) is 0. The molecule has 3 atom stereocenters. The molecule has 1 aliphatic heterocycles. The van der Waals surface area contributed by atoms with Crippen LogP contribution in [0, 0.1) is 0 Å². The van der Waals surface area contributed by atoms with Gasteiger partial charge < -0.3 is 10.4 Å². The number of piperidine rings is 1. The molecule has 6 heteroatoms. The molecule has 1 saturated heterocycles. The molecule has 2 fully saturated rings. The molecule has 5 nitrogen and oxygen atoms in total. The molecule has 0 aromatic rings. The molecule has 1 saturated carbocycles. The van der Waals surface area contributed by atoms with Crippen LogP contribution >= 0.6 is 0 Å². The van der Waals surface area contributed by atoms with Crippen LogP contribution in [-0.2, 0) is 10.0 Å². The average molecular weight is 276 g/mol. The van der Waals surface area contributed by atoms with Gasteiger partial charge in [0, 0.05) is 13.6 Å². The lowest BCUT2D eigenvalue weighted by Gasteiger charge is -2.37. The van der Waals surface area contributed by atoms with Crippen molar-refractivity contribution >= 4 is 10.0 Å². The summed E-state index contributed by atoms with van der Waals surface area (Å²) in [5, 5.41) is 12.8. The third-order valence-electron chi connectivity index (χ3n) is 4.24. The maximum atomic E-state index is 12.5. The zero-order valence-electron chi connectivity index (χ0n) is 11.0. The standard InChI is InChI=1S/C12H24N2O3S/c1-14(11-6-2-3-7-12(11)15)18(16,17)10-5-4-8-13-9-10/h10-13,15H,2-9H2,1H3. The average Bonchev–Trinajstić information content (AvgIpc) is 2.39. The highest BCUT2D eigenvalue weighted by Crippen LogP contribution is 2.26. The molecule has 0 spiro atoms. The van der Waals surface area contributed by atoms with Gasteiger partial charge in [-0.3, -0.25) is 0 Å². The van der Waals surface area contributed by atoms with Crippen molar-refractivity contribution in [2.45, 2.75) is 55.9 Å². The zero-order chi connectivity index (χ0) is 13.2. The smallest absolute Gasteiger partial charge is 0.218 e. The highest BCUT2D eigenvalue weighted by Gasteiger charge is 2.38. The van der Waals surface area contributed by atoms with E-state index in [1.165, 1.54) is 4.31 Å². The Morgan fingerprint density at radius 1 is 1.17 bits per heavy atom. The second kappa shape index (κ2) is 5.86. The van der Waals surface area contributed by atoms with Crippen molar-refractivity contribution in [2.24, 2.45) is 0 Å². The molecule has 2 N–H and O–H groups in total. The van der Waals surface area contributed by atoms with Crippen molar-refractivity contribution in [1.82, 2.24) is 9.62 Å². The normalized spacial score (nSPS) is 34.7. The Balaban J connectivity index is 2.07. The van der Waals surface area contributed by atoms with Crippen LogP contribution in [0.5, 0.6) is 0 Å². The molecule has 3 unspecified atom stereocenters. The highest BCUT2D eigenvalue weighted by molar-refractivity contribution is 7.89. The first-order valence-electron chi connectivity index (χ1n) is 6.89. The summed E-state index contributed by atoms with van der Waals surface area (Å²) >= 11 is 0. The van der Waals surface area contributed by atoms with Gasteiger partial charge in [0.15, 0.2) is 0 Å². The van der Waals surface area contributed by atoms with Gasteiger partial charge in [0.05, 0.1) is 17.4 Å². The number of aliphatic hydroxyl groups is 1. The fourth-order valence-electron chi connectivity index (χ4n) is 3.01. The van der Waals surface area contributed by atoms with Crippen molar-refractivity contribution in [2.75, 3.05) is 20.1 Å². The van der Waals surface area contributed by atoms with E-state index in [0.717, 1.165) is 38.6 Å². The minimum absolute atomic E-state index is 0.231. The molecular formula is C12H24N2O3S. The number of nitrogens with zero attached hydrogens (tertiary/aromatic N) is 1. The third kappa shape index (κ3) is 2.87. The summed E-state index contributed by atoms with van der Waals surface area (Å²) in [6.07, 6.45) is 4.62. The molecule has 0 aromatic carbocycles. The van der Waals surface area contributed by atoms with Crippen molar-refractivity contribution in [1.29, 1.82) is 0 Å². The Labute approximate surface area is 110 Å². The SMILES string of the molecule is CN(C1CCCCC1O)S(=O)(=O)C1CCCNC1. The molecular weight excluding hydrogens is 252 g/mol. The van der Waals surface area contributed by atoms with Crippen LogP contribution in [0.2, 0.25) is 0 Å². The lowest BCUT2D eigenvalue weighted by molar-refractivity contribution is 0.0633. The maximum absolute atomic E-state index is 12.5. The second-order valence-corrected chi connectivity index (χ2v) is 7.72. The molecule has 2 rings (SSSR count). The van der Waals surface area contributed by atoms with Gasteiger partial charge in [-0.1, -0.05) is 12.8 Å². The van der Waals surface area contributed by atoms with Gasteiger partial charge in [0.2, 0.25) is 10.0 Å². The van der Waals surface area contributed by atoms with Gasteiger partial charge in [-0.2, -0.15) is 4.31 Å². The molecule has 0 aromatic heterocycles. The first-order valence-corrected chi connectivity index (χ1v) is 8.39. The van der Waals surface area contributed by atoms with Crippen LogP contribution in [0.25, 0.3) is 0 Å². The molecule has 0 bridgehead atoms. The predicted molar refractivity (Wildman–Crippen MR) is 70.8 cm³/mol. The predicted octanol–water partition coefficient (Wildman–Crippen LogP) is 0.304. The molecule has 1 heterocycles. The van der Waals surface area contributed by atoms with Crippen LogP contribution in [-0.4, -0.2) is 55.4 Å². The summed E-state index contributed by atoms with van der Waals surface area (Å²) in [7, 11) is -1.66. The van der Waals surface area contributed by atoms with Crippen LogP contribution in [0.1, 0.15) is 38.5 Å². The van der Waals surface area contributed by atoms with Gasteiger partial charge >= 0.3 is 0 Å². The molecule has 0 radical (unpaired) electrons. The van der Waals surface area contributed by atoms with E-state index in [1.54, 1.807) is 7.05 Å². The number of hydrogen-bond donors (Lipinski definition) is 2. The number of hydrogen-bond acceptors (Lipinski definition) is 4. The van der Waals surface area contributed by atoms with Crippen molar-refractivity contribution < 1.29 is 13.5 Å². The van der Waals surface area contributed by atoms with E-state index >= 15 is 0 Å². The fraction of sp³-hybridized carbons (Fsp3) is 1.00. The topological polar surface area (TPSA) is 69.6 Å². The largest absolute Gasteiger partial charge is 0.391 e. The van der Waals surface area contributed by atoms with E-state index in [0.29, 0.717) is 13.0 Å². The molecule has 106 valence electrons. The molecule has 0 amide bonds. The first-order chi connectivity index (χ1) is 8.53. The monoisotopic (exact) mass is 276 g/mol. The van der Waals surface area contributed by atoms with Crippen molar-refractivity contribution in [3.63, 3.8) is 0 Å². The van der Waals surface area contributed by atoms with Crippen LogP contribution in [0.4, 0.5) is 0 Å². The highest BCUT2D eigenvalue weighted by atomic mass is 32.2. The molecule has 2 aliphatic rings. The lowest BCUT2D eigenvalue weighted by atomic mass is 9.93. The van der Waals surface area contributed by atoms with Crippen LogP contribution < -0.4 is 5.32 Å². The fourth-order valence-corrected chi connectivity index (χ4v) is 4.90. The van der Waals surface area contributed by atoms with Crippen LogP contribution in [0.3, 0.4) is 0 Å². The van der Waals surface area contributed by atoms with Gasteiger partial charge in [-0.15, -0.1) is 0 Å². The van der Waals surface area contributed by atoms with Gasteiger partial charge in [0.1, 0.15) is 0 Å². The second-order valence-electron chi connectivity index (χ2n) is 5.45. The lowest BCUT2D eigenvalue weighted by Crippen LogP contribution is -2.52. The number of likely N-dealkylation sites (N-methyl/N-ethyl adjacent to an activating group) is 1. The van der Waals surface area contributed by atoms with E-state index < -0.39 is 16.1 Å². The Morgan fingerprint density at radius 2 is 1.89 bits per heavy atom. The summed E-state index contributed by atoms with van der Waals surface area (Å²) in [4.78, 5) is 0.